The lowest BCUT2D eigenvalue weighted by atomic mass is 9.53. The Kier molecular flexibility index (Phi) is 9.42. The van der Waals surface area contributed by atoms with Gasteiger partial charge in [-0.15, -0.1) is 0 Å². The van der Waals surface area contributed by atoms with Crippen LogP contribution in [0.5, 0.6) is 0 Å². The van der Waals surface area contributed by atoms with Crippen molar-refractivity contribution in [3.63, 3.8) is 0 Å². The molecule has 1 saturated carbocycles. The molecule has 0 aromatic rings. The van der Waals surface area contributed by atoms with Gasteiger partial charge in [0.15, 0.2) is 0 Å². The lowest BCUT2D eigenvalue weighted by Crippen LogP contribution is -2.40. The van der Waals surface area contributed by atoms with Crippen molar-refractivity contribution in [2.45, 2.75) is 125 Å². The van der Waals surface area contributed by atoms with Crippen molar-refractivity contribution >= 4 is 5.97 Å². The predicted molar refractivity (Wildman–Crippen MR) is 130 cm³/mol. The molecule has 3 aliphatic carbocycles. The van der Waals surface area contributed by atoms with Crippen LogP contribution in [0, 0.1) is 22.7 Å². The Morgan fingerprint density at radius 3 is 2.48 bits per heavy atom. The molecule has 5 atom stereocenters. The lowest BCUT2D eigenvalue weighted by Gasteiger charge is -2.52. The van der Waals surface area contributed by atoms with Gasteiger partial charge in [0, 0.05) is 5.57 Å². The first-order valence-corrected chi connectivity index (χ1v) is 12.9. The molecule has 3 rings (SSSR count). The number of hydrogen-bond acceptors (Lipinski definition) is 2. The standard InChI is InChI=1S/C20H34O.C8H14O2/c1-14-7-9-18-17(19(14,3)13-11-15(2)21)10-8-16-6-5-12-20(16,18)4;1-3-4-5-6-7(2)8(9)10/h14-16,21H,5-13H2,1-4H3;6H,3-5H2,1-2H3,(H,9,10)/b;7-6-. The summed E-state index contributed by atoms with van der Waals surface area (Å²) in [6.07, 6.45) is 16.6. The highest BCUT2D eigenvalue weighted by Crippen LogP contribution is 2.62. The molecule has 0 spiro atoms. The molecule has 178 valence electrons. The van der Waals surface area contributed by atoms with Crippen LogP contribution in [0.2, 0.25) is 0 Å². The number of aliphatic carboxylic acids is 1. The number of aliphatic hydroxyl groups excluding tert-OH is 1. The Labute approximate surface area is 191 Å². The molecule has 0 aliphatic heterocycles. The fourth-order valence-electron chi connectivity index (χ4n) is 6.47. The van der Waals surface area contributed by atoms with Crippen LogP contribution >= 0.6 is 0 Å². The van der Waals surface area contributed by atoms with E-state index in [1.807, 2.05) is 18.1 Å². The average Bonchev–Trinajstić information content (AvgIpc) is 3.11. The highest BCUT2D eigenvalue weighted by molar-refractivity contribution is 5.85. The van der Waals surface area contributed by atoms with Gasteiger partial charge in [-0.05, 0) is 94.3 Å². The zero-order valence-corrected chi connectivity index (χ0v) is 21.1. The Hall–Kier alpha value is -1.09. The Morgan fingerprint density at radius 2 is 1.87 bits per heavy atom. The fourth-order valence-corrected chi connectivity index (χ4v) is 6.47. The highest BCUT2D eigenvalue weighted by atomic mass is 16.4. The van der Waals surface area contributed by atoms with Crippen molar-refractivity contribution in [2.75, 3.05) is 0 Å². The number of aliphatic hydroxyl groups is 1. The van der Waals surface area contributed by atoms with Crippen LogP contribution in [-0.4, -0.2) is 22.3 Å². The van der Waals surface area contributed by atoms with E-state index in [2.05, 4.69) is 27.7 Å². The summed E-state index contributed by atoms with van der Waals surface area (Å²) in [5.41, 5.74) is 5.01. The third kappa shape index (κ3) is 6.03. The van der Waals surface area contributed by atoms with Crippen molar-refractivity contribution in [2.24, 2.45) is 22.7 Å². The van der Waals surface area contributed by atoms with Gasteiger partial charge in [-0.1, -0.05) is 64.2 Å². The minimum absolute atomic E-state index is 0.154. The second-order valence-corrected chi connectivity index (χ2v) is 11.1. The molecule has 3 aliphatic rings. The molecular formula is C28H48O3. The van der Waals surface area contributed by atoms with Crippen LogP contribution in [0.25, 0.3) is 0 Å². The van der Waals surface area contributed by atoms with E-state index in [1.165, 1.54) is 51.4 Å². The summed E-state index contributed by atoms with van der Waals surface area (Å²) in [4.78, 5) is 10.2. The number of carbonyl (C=O) groups is 1. The van der Waals surface area contributed by atoms with E-state index in [0.29, 0.717) is 16.4 Å². The van der Waals surface area contributed by atoms with Crippen LogP contribution in [0.15, 0.2) is 22.8 Å². The molecule has 0 radical (unpaired) electrons. The monoisotopic (exact) mass is 432 g/mol. The predicted octanol–water partition coefficient (Wildman–Crippen LogP) is 7.69. The normalized spacial score (nSPS) is 33.8. The SMILES string of the molecule is CC(O)CCC1(C)C2=C(CCC1C)C1(C)CCCC1CC2.CCCC/C=C(/C)C(=O)O. The second-order valence-electron chi connectivity index (χ2n) is 11.1. The zero-order chi connectivity index (χ0) is 23.2. The number of unbranched alkanes of at least 4 members (excludes halogenated alkanes) is 2. The van der Waals surface area contributed by atoms with Gasteiger partial charge in [-0.2, -0.15) is 0 Å². The largest absolute Gasteiger partial charge is 0.478 e. The second kappa shape index (κ2) is 11.2. The number of allylic oxidation sites excluding steroid dienone is 3. The Morgan fingerprint density at radius 1 is 1.19 bits per heavy atom. The molecule has 0 amide bonds. The molecule has 3 nitrogen and oxygen atoms in total. The van der Waals surface area contributed by atoms with E-state index in [4.69, 9.17) is 5.11 Å². The van der Waals surface area contributed by atoms with Crippen LogP contribution in [0.4, 0.5) is 0 Å². The van der Waals surface area contributed by atoms with Gasteiger partial charge >= 0.3 is 5.97 Å². The van der Waals surface area contributed by atoms with Crippen molar-refractivity contribution < 1.29 is 15.0 Å². The van der Waals surface area contributed by atoms with Crippen molar-refractivity contribution in [1.82, 2.24) is 0 Å². The maximum atomic E-state index is 10.2. The number of carboxylic acid groups (broad SMARTS) is 1. The van der Waals surface area contributed by atoms with E-state index in [1.54, 1.807) is 13.0 Å². The minimum Gasteiger partial charge on any atom is -0.478 e. The van der Waals surface area contributed by atoms with Crippen molar-refractivity contribution in [3.8, 4) is 0 Å². The molecule has 0 aromatic carbocycles. The number of rotatable bonds is 7. The first-order valence-electron chi connectivity index (χ1n) is 12.9. The van der Waals surface area contributed by atoms with Gasteiger partial charge < -0.3 is 10.2 Å². The maximum Gasteiger partial charge on any atom is 0.330 e. The van der Waals surface area contributed by atoms with Crippen LogP contribution in [-0.2, 0) is 4.79 Å². The summed E-state index contributed by atoms with van der Waals surface area (Å²) in [7, 11) is 0. The number of carboxylic acids is 1. The van der Waals surface area contributed by atoms with Gasteiger partial charge in [-0.3, -0.25) is 0 Å². The molecule has 2 N–H and O–H groups in total. The van der Waals surface area contributed by atoms with Crippen molar-refractivity contribution in [3.05, 3.63) is 22.8 Å². The fraction of sp³-hybridized carbons (Fsp3) is 0.821. The summed E-state index contributed by atoms with van der Waals surface area (Å²) in [6.45, 7) is 13.2. The van der Waals surface area contributed by atoms with E-state index >= 15 is 0 Å². The molecule has 3 heteroatoms. The summed E-state index contributed by atoms with van der Waals surface area (Å²) >= 11 is 0. The van der Waals surface area contributed by atoms with E-state index in [-0.39, 0.29) is 6.10 Å². The van der Waals surface area contributed by atoms with Crippen LogP contribution in [0.1, 0.15) is 119 Å². The topological polar surface area (TPSA) is 57.5 Å². The number of hydrogen-bond donors (Lipinski definition) is 2. The third-order valence-electron chi connectivity index (χ3n) is 8.98. The van der Waals surface area contributed by atoms with E-state index in [0.717, 1.165) is 37.5 Å². The first-order chi connectivity index (χ1) is 14.6. The van der Waals surface area contributed by atoms with Gasteiger partial charge in [0.2, 0.25) is 0 Å². The number of fused-ring (bicyclic) bond motifs is 2. The molecule has 31 heavy (non-hydrogen) atoms. The highest BCUT2D eigenvalue weighted by Gasteiger charge is 2.50. The van der Waals surface area contributed by atoms with Gasteiger partial charge in [0.05, 0.1) is 6.10 Å². The molecule has 0 aromatic heterocycles. The molecular weight excluding hydrogens is 384 g/mol. The molecule has 0 heterocycles. The smallest absolute Gasteiger partial charge is 0.330 e. The molecule has 0 bridgehead atoms. The molecule has 5 unspecified atom stereocenters. The molecule has 1 fully saturated rings. The van der Waals surface area contributed by atoms with E-state index in [9.17, 15) is 9.90 Å². The summed E-state index contributed by atoms with van der Waals surface area (Å²) in [5, 5.41) is 18.2. The van der Waals surface area contributed by atoms with Crippen LogP contribution in [0.3, 0.4) is 0 Å². The zero-order valence-electron chi connectivity index (χ0n) is 21.1. The lowest BCUT2D eigenvalue weighted by molar-refractivity contribution is -0.132. The molecule has 0 saturated heterocycles. The quantitative estimate of drug-likeness (QED) is 0.246. The van der Waals surface area contributed by atoms with E-state index < -0.39 is 5.97 Å². The third-order valence-corrected chi connectivity index (χ3v) is 8.98. The van der Waals surface area contributed by atoms with Gasteiger partial charge in [-0.25, -0.2) is 4.79 Å². The van der Waals surface area contributed by atoms with Crippen LogP contribution < -0.4 is 0 Å². The Balaban J connectivity index is 0.000000291. The average molecular weight is 433 g/mol. The summed E-state index contributed by atoms with van der Waals surface area (Å²) in [5.74, 6) is 0.929. The maximum absolute atomic E-state index is 10.2. The minimum atomic E-state index is -0.809. The summed E-state index contributed by atoms with van der Waals surface area (Å²) in [6, 6.07) is 0. The van der Waals surface area contributed by atoms with Crippen molar-refractivity contribution in [1.29, 1.82) is 0 Å². The van der Waals surface area contributed by atoms with Gasteiger partial charge in [0.1, 0.15) is 0 Å². The Bertz CT molecular complexity index is 674. The van der Waals surface area contributed by atoms with Gasteiger partial charge in [0.25, 0.3) is 0 Å². The first kappa shape index (κ1) is 26.2. The summed E-state index contributed by atoms with van der Waals surface area (Å²) < 4.78 is 0.